The largest absolute Gasteiger partial charge is 0.349 e. The number of amides is 1. The van der Waals surface area contributed by atoms with Crippen molar-refractivity contribution >= 4 is 13.5 Å². The van der Waals surface area contributed by atoms with Gasteiger partial charge in [0.25, 0.3) is 0 Å². The highest BCUT2D eigenvalue weighted by atomic mass is 31.2. The Bertz CT molecular complexity index is 211. The molecule has 1 atom stereocenters. The van der Waals surface area contributed by atoms with E-state index in [1.54, 1.807) is 0 Å². The molecule has 78 valence electrons. The maximum Gasteiger partial charge on any atom is 0.349 e. The minimum absolute atomic E-state index is 0.166. The third kappa shape index (κ3) is 4.38. The fourth-order valence-corrected chi connectivity index (χ4v) is 1.30. The van der Waals surface area contributed by atoms with Gasteiger partial charge in [-0.2, -0.15) is 0 Å². The summed E-state index contributed by atoms with van der Waals surface area (Å²) in [5.41, 5.74) is 5.26. The topological polar surface area (TPSA) is 90.7 Å². The van der Waals surface area contributed by atoms with Crippen LogP contribution in [-0.2, 0) is 18.4 Å². The van der Waals surface area contributed by atoms with E-state index in [1.807, 2.05) is 0 Å². The third-order valence-corrected chi connectivity index (χ3v) is 3.07. The molecule has 0 bridgehead atoms. The first-order valence-corrected chi connectivity index (χ1v) is 5.42. The van der Waals surface area contributed by atoms with Gasteiger partial charge in [0, 0.05) is 14.2 Å². The molecule has 0 unspecified atom stereocenters. The van der Waals surface area contributed by atoms with E-state index in [1.165, 1.54) is 21.1 Å². The molecule has 0 saturated heterocycles. The van der Waals surface area contributed by atoms with Crippen molar-refractivity contribution in [3.63, 3.8) is 0 Å². The number of carbonyl (C=O) groups is 1. The van der Waals surface area contributed by atoms with E-state index < -0.39 is 19.5 Å². The second-order valence-electron chi connectivity index (χ2n) is 2.46. The van der Waals surface area contributed by atoms with Gasteiger partial charge in [-0.3, -0.25) is 9.36 Å². The summed E-state index contributed by atoms with van der Waals surface area (Å²) in [5.74, 6) is -0.394. The van der Waals surface area contributed by atoms with Crippen molar-refractivity contribution in [1.82, 2.24) is 5.32 Å². The van der Waals surface area contributed by atoms with Gasteiger partial charge in [0.15, 0.2) is 0 Å². The summed E-state index contributed by atoms with van der Waals surface area (Å²) >= 11 is 0. The van der Waals surface area contributed by atoms with Crippen molar-refractivity contribution < 1.29 is 18.4 Å². The second kappa shape index (κ2) is 5.34. The predicted octanol–water partition coefficient (Wildman–Crippen LogP) is -0.107. The van der Waals surface area contributed by atoms with Gasteiger partial charge in [-0.15, -0.1) is 0 Å². The van der Waals surface area contributed by atoms with E-state index >= 15 is 0 Å². The highest BCUT2D eigenvalue weighted by molar-refractivity contribution is 7.53. The number of carbonyl (C=O) groups excluding carboxylic acids is 1. The molecule has 1 amide bonds. The van der Waals surface area contributed by atoms with Crippen LogP contribution in [0.3, 0.4) is 0 Å². The molecule has 0 saturated carbocycles. The average molecular weight is 210 g/mol. The van der Waals surface area contributed by atoms with Crippen molar-refractivity contribution in [3.05, 3.63) is 0 Å². The Kier molecular flexibility index (Phi) is 5.17. The normalized spacial score (nSPS) is 13.8. The molecule has 0 aliphatic heterocycles. The Morgan fingerprint density at radius 2 is 2.00 bits per heavy atom. The van der Waals surface area contributed by atoms with Crippen molar-refractivity contribution in [2.24, 2.45) is 5.73 Å². The lowest BCUT2D eigenvalue weighted by Crippen LogP contribution is -2.38. The van der Waals surface area contributed by atoms with Crippen LogP contribution < -0.4 is 11.1 Å². The maximum atomic E-state index is 11.4. The van der Waals surface area contributed by atoms with Crippen LogP contribution in [0.4, 0.5) is 0 Å². The van der Waals surface area contributed by atoms with Gasteiger partial charge in [0.2, 0.25) is 5.91 Å². The molecule has 0 aliphatic carbocycles. The quantitative estimate of drug-likeness (QED) is 0.618. The first kappa shape index (κ1) is 12.6. The Morgan fingerprint density at radius 1 is 1.54 bits per heavy atom. The summed E-state index contributed by atoms with van der Waals surface area (Å²) in [7, 11) is -0.658. The molecular formula is C6H15N2O4P. The third-order valence-electron chi connectivity index (χ3n) is 1.42. The summed E-state index contributed by atoms with van der Waals surface area (Å²) < 4.78 is 20.6. The lowest BCUT2D eigenvalue weighted by atomic mass is 10.3. The fourth-order valence-electron chi connectivity index (χ4n) is 0.539. The standard InChI is InChI=1S/C6H15N2O4P/c1-5(7)6(9)8-4-13(10,11-2)12-3/h5H,4,7H2,1-3H3,(H,8,9)/t5-/m0/s1. The number of nitrogens with one attached hydrogen (secondary N) is 1. The van der Waals surface area contributed by atoms with Crippen LogP contribution in [0.2, 0.25) is 0 Å². The van der Waals surface area contributed by atoms with Crippen LogP contribution in [0.15, 0.2) is 0 Å². The second-order valence-corrected chi connectivity index (χ2v) is 4.73. The fraction of sp³-hybridized carbons (Fsp3) is 0.833. The van der Waals surface area contributed by atoms with Crippen molar-refractivity contribution in [2.45, 2.75) is 13.0 Å². The van der Waals surface area contributed by atoms with E-state index in [0.717, 1.165) is 0 Å². The van der Waals surface area contributed by atoms with E-state index in [-0.39, 0.29) is 6.29 Å². The number of nitrogens with two attached hydrogens (primary N) is 1. The van der Waals surface area contributed by atoms with E-state index in [2.05, 4.69) is 14.4 Å². The molecule has 6 nitrogen and oxygen atoms in total. The molecule has 13 heavy (non-hydrogen) atoms. The van der Waals surface area contributed by atoms with Crippen LogP contribution in [0.1, 0.15) is 6.92 Å². The number of rotatable bonds is 5. The highest BCUT2D eigenvalue weighted by Gasteiger charge is 2.22. The van der Waals surface area contributed by atoms with Crippen LogP contribution in [0.25, 0.3) is 0 Å². The van der Waals surface area contributed by atoms with Crippen LogP contribution in [0, 0.1) is 0 Å². The lowest BCUT2D eigenvalue weighted by Gasteiger charge is -2.14. The van der Waals surface area contributed by atoms with Gasteiger partial charge in [0.05, 0.1) is 6.04 Å². The van der Waals surface area contributed by atoms with E-state index in [4.69, 9.17) is 5.73 Å². The van der Waals surface area contributed by atoms with Crippen LogP contribution in [0.5, 0.6) is 0 Å². The van der Waals surface area contributed by atoms with E-state index in [9.17, 15) is 9.36 Å². The zero-order chi connectivity index (χ0) is 10.5. The van der Waals surface area contributed by atoms with Gasteiger partial charge < -0.3 is 20.1 Å². The first-order valence-electron chi connectivity index (χ1n) is 3.69. The van der Waals surface area contributed by atoms with Gasteiger partial charge in [-0.1, -0.05) is 0 Å². The smallest absolute Gasteiger partial charge is 0.343 e. The van der Waals surface area contributed by atoms with Gasteiger partial charge in [-0.05, 0) is 6.92 Å². The first-order chi connectivity index (χ1) is 5.95. The monoisotopic (exact) mass is 210 g/mol. The minimum atomic E-state index is -3.16. The molecule has 3 N–H and O–H groups in total. The molecule has 0 rings (SSSR count). The van der Waals surface area contributed by atoms with Gasteiger partial charge >= 0.3 is 7.60 Å². The zero-order valence-corrected chi connectivity index (χ0v) is 8.84. The highest BCUT2D eigenvalue weighted by Crippen LogP contribution is 2.44. The SMILES string of the molecule is COP(=O)(CNC(=O)[C@H](C)N)OC. The molecule has 7 heteroatoms. The molecule has 0 heterocycles. The molecule has 0 aromatic rings. The Balaban J connectivity index is 4.01. The molecule has 0 aromatic heterocycles. The molecule has 0 fully saturated rings. The average Bonchev–Trinajstić information content (AvgIpc) is 2.13. The number of hydrogen-bond acceptors (Lipinski definition) is 5. The molecule has 0 spiro atoms. The summed E-state index contributed by atoms with van der Waals surface area (Å²) in [6.07, 6.45) is -0.166. The molecule has 0 aromatic carbocycles. The van der Waals surface area contributed by atoms with Gasteiger partial charge in [-0.25, -0.2) is 0 Å². The summed E-state index contributed by atoms with van der Waals surface area (Å²) in [6, 6.07) is -0.637. The minimum Gasteiger partial charge on any atom is -0.343 e. The molecule has 0 radical (unpaired) electrons. The maximum absolute atomic E-state index is 11.4. The van der Waals surface area contributed by atoms with E-state index in [0.29, 0.717) is 0 Å². The summed E-state index contributed by atoms with van der Waals surface area (Å²) in [5, 5.41) is 2.35. The summed E-state index contributed by atoms with van der Waals surface area (Å²) in [6.45, 7) is 1.53. The zero-order valence-electron chi connectivity index (χ0n) is 7.94. The van der Waals surface area contributed by atoms with Crippen molar-refractivity contribution in [1.29, 1.82) is 0 Å². The molecular weight excluding hydrogens is 195 g/mol. The Hall–Kier alpha value is -0.420. The van der Waals surface area contributed by atoms with Crippen molar-refractivity contribution in [3.8, 4) is 0 Å². The number of hydrogen-bond donors (Lipinski definition) is 2. The Morgan fingerprint density at radius 3 is 2.31 bits per heavy atom. The molecule has 0 aliphatic rings. The predicted molar refractivity (Wildman–Crippen MR) is 48.3 cm³/mol. The van der Waals surface area contributed by atoms with Gasteiger partial charge in [0.1, 0.15) is 6.29 Å². The van der Waals surface area contributed by atoms with Crippen LogP contribution >= 0.6 is 7.60 Å². The van der Waals surface area contributed by atoms with Crippen molar-refractivity contribution in [2.75, 3.05) is 20.5 Å². The lowest BCUT2D eigenvalue weighted by molar-refractivity contribution is -0.121. The Labute approximate surface area is 77.3 Å². The summed E-state index contributed by atoms with van der Waals surface area (Å²) in [4.78, 5) is 11.0. The van der Waals surface area contributed by atoms with Crippen LogP contribution in [-0.4, -0.2) is 32.5 Å².